The molecule has 1 spiro atoms. The first kappa shape index (κ1) is 19.5. The van der Waals surface area contributed by atoms with Crippen molar-refractivity contribution >= 4 is 24.0 Å². The fourth-order valence-electron chi connectivity index (χ4n) is 3.48. The summed E-state index contributed by atoms with van der Waals surface area (Å²) in [5, 5.41) is 9.15. The highest BCUT2D eigenvalue weighted by Gasteiger charge is 2.52. The summed E-state index contributed by atoms with van der Waals surface area (Å²) in [6.45, 7) is 17.4. The number of nitriles is 1. The van der Waals surface area contributed by atoms with Gasteiger partial charge in [0.25, 0.3) is 0 Å². The van der Waals surface area contributed by atoms with Gasteiger partial charge in [0.2, 0.25) is 0 Å². The molecule has 0 aromatic carbocycles. The van der Waals surface area contributed by atoms with E-state index in [9.17, 15) is 0 Å². The molecule has 0 amide bonds. The number of piperazine rings is 1. The summed E-state index contributed by atoms with van der Waals surface area (Å²) in [5.74, 6) is 0.692. The topological polar surface area (TPSA) is 55.0 Å². The molecule has 2 aliphatic rings. The Morgan fingerprint density at radius 2 is 2.04 bits per heavy atom. The average Bonchev–Trinajstić information content (AvgIpc) is 3.29. The fraction of sp³-hybridized carbons (Fsp3) is 0.632. The Morgan fingerprint density at radius 3 is 2.52 bits per heavy atom. The van der Waals surface area contributed by atoms with E-state index in [-0.39, 0.29) is 22.7 Å². The standard InChI is InChI=1S/C19H28ClN5/c1-15(11-18(2,3)4)25-9-8-24(13-19(25)6-7-19)17(22-5)10-16(12-21)23-14-20/h10H,1,5-9,11,13-14H2,2-4H3/b17-10+,23-16+. The summed E-state index contributed by atoms with van der Waals surface area (Å²) in [5.41, 5.74) is 1.89. The quantitative estimate of drug-likeness (QED) is 0.411. The third kappa shape index (κ3) is 4.85. The largest absolute Gasteiger partial charge is 0.366 e. The second kappa shape index (κ2) is 7.61. The van der Waals surface area contributed by atoms with Crippen LogP contribution in [0.25, 0.3) is 0 Å². The zero-order chi connectivity index (χ0) is 18.7. The third-order valence-corrected chi connectivity index (χ3v) is 4.81. The van der Waals surface area contributed by atoms with Crippen molar-refractivity contribution < 1.29 is 0 Å². The first-order valence-electron chi connectivity index (χ1n) is 8.64. The first-order chi connectivity index (χ1) is 11.7. The maximum absolute atomic E-state index is 9.15. The van der Waals surface area contributed by atoms with Crippen molar-refractivity contribution in [1.82, 2.24) is 9.80 Å². The van der Waals surface area contributed by atoms with Crippen LogP contribution in [0.1, 0.15) is 40.0 Å². The molecule has 1 aliphatic carbocycles. The van der Waals surface area contributed by atoms with Gasteiger partial charge in [0.1, 0.15) is 23.6 Å². The third-order valence-electron chi connectivity index (χ3n) is 4.69. The zero-order valence-corrected chi connectivity index (χ0v) is 16.3. The Bertz CT molecular complexity index is 631. The summed E-state index contributed by atoms with van der Waals surface area (Å²) in [6.07, 6.45) is 5.00. The Balaban J connectivity index is 2.13. The normalized spacial score (nSPS) is 20.4. The zero-order valence-electron chi connectivity index (χ0n) is 15.6. The Hall–Kier alpha value is -1.80. The van der Waals surface area contributed by atoms with Gasteiger partial charge in [-0.1, -0.05) is 27.4 Å². The van der Waals surface area contributed by atoms with Crippen LogP contribution in [-0.4, -0.2) is 53.4 Å². The minimum atomic E-state index is 0.0636. The number of hydrogen-bond acceptors (Lipinski definition) is 5. The lowest BCUT2D eigenvalue weighted by Gasteiger charge is -2.46. The minimum absolute atomic E-state index is 0.0636. The molecular formula is C19H28ClN5. The summed E-state index contributed by atoms with van der Waals surface area (Å²) >= 11 is 5.61. The molecule has 1 aliphatic heterocycles. The number of alkyl halides is 1. The van der Waals surface area contributed by atoms with Crippen LogP contribution in [0.15, 0.2) is 34.2 Å². The van der Waals surface area contributed by atoms with E-state index in [1.54, 1.807) is 6.08 Å². The van der Waals surface area contributed by atoms with E-state index in [0.29, 0.717) is 5.82 Å². The van der Waals surface area contributed by atoms with Crippen LogP contribution >= 0.6 is 11.6 Å². The van der Waals surface area contributed by atoms with Crippen molar-refractivity contribution in [3.63, 3.8) is 0 Å². The Kier molecular flexibility index (Phi) is 5.95. The molecule has 1 saturated carbocycles. The van der Waals surface area contributed by atoms with Crippen molar-refractivity contribution in [2.24, 2.45) is 15.4 Å². The van der Waals surface area contributed by atoms with Crippen molar-refractivity contribution in [2.45, 2.75) is 45.6 Å². The summed E-state index contributed by atoms with van der Waals surface area (Å²) in [4.78, 5) is 12.8. The van der Waals surface area contributed by atoms with E-state index >= 15 is 0 Å². The van der Waals surface area contributed by atoms with E-state index in [4.69, 9.17) is 16.9 Å². The number of aliphatic imine (C=N–C) groups is 2. The monoisotopic (exact) mass is 361 g/mol. The lowest BCUT2D eigenvalue weighted by molar-refractivity contribution is 0.0999. The molecule has 5 nitrogen and oxygen atoms in total. The predicted octanol–water partition coefficient (Wildman–Crippen LogP) is 3.79. The van der Waals surface area contributed by atoms with E-state index in [1.807, 2.05) is 6.07 Å². The summed E-state index contributed by atoms with van der Waals surface area (Å²) in [7, 11) is 0. The van der Waals surface area contributed by atoms with Gasteiger partial charge in [-0.05, 0) is 31.4 Å². The van der Waals surface area contributed by atoms with Crippen molar-refractivity contribution in [3.8, 4) is 6.07 Å². The Labute approximate surface area is 156 Å². The molecule has 25 heavy (non-hydrogen) atoms. The maximum atomic E-state index is 9.15. The molecule has 1 saturated heterocycles. The van der Waals surface area contributed by atoms with Gasteiger partial charge >= 0.3 is 0 Å². The second-order valence-corrected chi connectivity index (χ2v) is 8.28. The van der Waals surface area contributed by atoms with Gasteiger partial charge in [0.05, 0.1) is 5.54 Å². The van der Waals surface area contributed by atoms with Crippen LogP contribution in [-0.2, 0) is 0 Å². The molecule has 2 fully saturated rings. The number of halogens is 1. The highest BCUT2D eigenvalue weighted by atomic mass is 35.5. The highest BCUT2D eigenvalue weighted by Crippen LogP contribution is 2.47. The summed E-state index contributed by atoms with van der Waals surface area (Å²) < 4.78 is 0. The van der Waals surface area contributed by atoms with Gasteiger partial charge in [-0.2, -0.15) is 5.26 Å². The molecule has 0 unspecified atom stereocenters. The Morgan fingerprint density at radius 1 is 1.36 bits per heavy atom. The number of allylic oxidation sites excluding steroid dienone is 2. The van der Waals surface area contributed by atoms with Gasteiger partial charge in [0.15, 0.2) is 0 Å². The predicted molar refractivity (Wildman–Crippen MR) is 105 cm³/mol. The molecule has 0 aromatic heterocycles. The number of rotatable bonds is 6. The molecular weight excluding hydrogens is 334 g/mol. The van der Waals surface area contributed by atoms with Crippen LogP contribution < -0.4 is 0 Å². The van der Waals surface area contributed by atoms with E-state index in [2.05, 4.69) is 53.9 Å². The molecule has 0 radical (unpaired) electrons. The molecule has 0 N–H and O–H groups in total. The van der Waals surface area contributed by atoms with E-state index in [0.717, 1.165) is 38.9 Å². The SMILES string of the molecule is C=N/C(=C\C(C#N)=N/CCl)N1CCN(C(=C)CC(C)(C)C)C2(CC2)C1. The number of nitrogens with zero attached hydrogens (tertiary/aromatic N) is 5. The average molecular weight is 362 g/mol. The fourth-order valence-corrected chi connectivity index (χ4v) is 3.61. The smallest absolute Gasteiger partial charge is 0.140 e. The molecule has 6 heteroatoms. The molecule has 0 bridgehead atoms. The summed E-state index contributed by atoms with van der Waals surface area (Å²) in [6, 6.07) is 2.11. The lowest BCUT2D eigenvalue weighted by Crippen LogP contribution is -2.53. The molecule has 0 aromatic rings. The van der Waals surface area contributed by atoms with Crippen molar-refractivity contribution in [1.29, 1.82) is 5.26 Å². The van der Waals surface area contributed by atoms with Crippen LogP contribution in [0.2, 0.25) is 0 Å². The van der Waals surface area contributed by atoms with Gasteiger partial charge in [-0.15, -0.1) is 11.6 Å². The first-order valence-corrected chi connectivity index (χ1v) is 9.17. The van der Waals surface area contributed by atoms with Crippen LogP contribution in [0.4, 0.5) is 0 Å². The molecule has 1 heterocycles. The molecule has 0 atom stereocenters. The van der Waals surface area contributed by atoms with Crippen LogP contribution in [0.5, 0.6) is 0 Å². The van der Waals surface area contributed by atoms with Crippen LogP contribution in [0.3, 0.4) is 0 Å². The molecule has 2 rings (SSSR count). The van der Waals surface area contributed by atoms with E-state index in [1.165, 1.54) is 5.70 Å². The van der Waals surface area contributed by atoms with Gasteiger partial charge in [0, 0.05) is 31.4 Å². The molecule has 136 valence electrons. The number of hydrogen-bond donors (Lipinski definition) is 0. The highest BCUT2D eigenvalue weighted by molar-refractivity contribution is 6.19. The van der Waals surface area contributed by atoms with Gasteiger partial charge in [-0.3, -0.25) is 4.99 Å². The maximum Gasteiger partial charge on any atom is 0.140 e. The van der Waals surface area contributed by atoms with Crippen LogP contribution in [0, 0.1) is 16.7 Å². The van der Waals surface area contributed by atoms with Gasteiger partial charge in [-0.25, -0.2) is 4.99 Å². The van der Waals surface area contributed by atoms with Crippen molar-refractivity contribution in [2.75, 3.05) is 25.6 Å². The van der Waals surface area contributed by atoms with E-state index < -0.39 is 0 Å². The van der Waals surface area contributed by atoms with Gasteiger partial charge < -0.3 is 9.80 Å². The second-order valence-electron chi connectivity index (χ2n) is 8.04. The minimum Gasteiger partial charge on any atom is -0.366 e. The van der Waals surface area contributed by atoms with Crippen molar-refractivity contribution in [3.05, 3.63) is 24.2 Å². The lowest BCUT2D eigenvalue weighted by atomic mass is 9.89.